The molecular formula is C14H21N3O3S. The van der Waals surface area contributed by atoms with Crippen molar-refractivity contribution in [1.82, 2.24) is 10.6 Å². The van der Waals surface area contributed by atoms with Gasteiger partial charge in [-0.15, -0.1) is 0 Å². The molecule has 0 fully saturated rings. The number of rotatable bonds is 7. The fourth-order valence-corrected chi connectivity index (χ4v) is 2.32. The molecule has 0 aliphatic carbocycles. The van der Waals surface area contributed by atoms with Crippen LogP contribution in [0, 0.1) is 0 Å². The van der Waals surface area contributed by atoms with Crippen molar-refractivity contribution in [2.24, 2.45) is 0 Å². The van der Waals surface area contributed by atoms with Crippen LogP contribution in [0.5, 0.6) is 0 Å². The molecular weight excluding hydrogens is 290 g/mol. The Morgan fingerprint density at radius 2 is 1.90 bits per heavy atom. The number of nitrogens with two attached hydrogens (primary N) is 1. The standard InChI is InChI=1S/C14H21N3O3S/c1-10(7-8-21(2)20)17-13(18)9-16-14(19)11-3-5-12(15)6-4-11/h3-6,10H,7-9,15H2,1-2H3,(H,16,19)(H,17,18). The maximum Gasteiger partial charge on any atom is 0.251 e. The Morgan fingerprint density at radius 3 is 2.48 bits per heavy atom. The molecule has 0 bridgehead atoms. The van der Waals surface area contributed by atoms with Crippen molar-refractivity contribution >= 4 is 28.3 Å². The Kier molecular flexibility index (Phi) is 6.87. The predicted molar refractivity (Wildman–Crippen MR) is 84.3 cm³/mol. The van der Waals surface area contributed by atoms with Gasteiger partial charge >= 0.3 is 0 Å². The molecule has 0 aliphatic rings. The zero-order valence-corrected chi connectivity index (χ0v) is 13.0. The number of benzene rings is 1. The Labute approximate surface area is 126 Å². The monoisotopic (exact) mass is 311 g/mol. The minimum atomic E-state index is -0.870. The summed E-state index contributed by atoms with van der Waals surface area (Å²) in [6.45, 7) is 1.75. The summed E-state index contributed by atoms with van der Waals surface area (Å²) in [6, 6.07) is 6.38. The van der Waals surface area contributed by atoms with Crippen molar-refractivity contribution in [3.05, 3.63) is 29.8 Å². The van der Waals surface area contributed by atoms with Gasteiger partial charge in [-0.2, -0.15) is 0 Å². The van der Waals surface area contributed by atoms with Crippen LogP contribution in [0.4, 0.5) is 5.69 Å². The minimum absolute atomic E-state index is 0.0742. The lowest BCUT2D eigenvalue weighted by molar-refractivity contribution is -0.120. The molecule has 0 radical (unpaired) electrons. The van der Waals surface area contributed by atoms with Gasteiger partial charge in [0.25, 0.3) is 5.91 Å². The van der Waals surface area contributed by atoms with Gasteiger partial charge in [0.1, 0.15) is 0 Å². The fraction of sp³-hybridized carbons (Fsp3) is 0.429. The van der Waals surface area contributed by atoms with Crippen LogP contribution in [-0.2, 0) is 15.6 Å². The van der Waals surface area contributed by atoms with Crippen molar-refractivity contribution in [2.45, 2.75) is 19.4 Å². The number of hydrogen-bond donors (Lipinski definition) is 3. The number of carbonyl (C=O) groups is 2. The van der Waals surface area contributed by atoms with Gasteiger partial charge in [0.2, 0.25) is 5.91 Å². The van der Waals surface area contributed by atoms with Crippen molar-refractivity contribution in [1.29, 1.82) is 0 Å². The van der Waals surface area contributed by atoms with Gasteiger partial charge in [-0.1, -0.05) is 0 Å². The molecule has 7 heteroatoms. The number of carbonyl (C=O) groups excluding carboxylic acids is 2. The third-order valence-electron chi connectivity index (χ3n) is 2.83. The fourth-order valence-electron chi connectivity index (χ4n) is 1.64. The number of nitrogens with one attached hydrogen (secondary N) is 2. The second kappa shape index (κ2) is 8.41. The summed E-state index contributed by atoms with van der Waals surface area (Å²) < 4.78 is 11.0. The highest BCUT2D eigenvalue weighted by Crippen LogP contribution is 2.04. The van der Waals surface area contributed by atoms with E-state index in [2.05, 4.69) is 10.6 Å². The van der Waals surface area contributed by atoms with Crippen LogP contribution < -0.4 is 16.4 Å². The van der Waals surface area contributed by atoms with Gasteiger partial charge in [-0.05, 0) is 37.6 Å². The average molecular weight is 311 g/mol. The van der Waals surface area contributed by atoms with Crippen LogP contribution in [0.2, 0.25) is 0 Å². The Hall–Kier alpha value is -1.89. The van der Waals surface area contributed by atoms with E-state index in [-0.39, 0.29) is 24.4 Å². The highest BCUT2D eigenvalue weighted by molar-refractivity contribution is 7.84. The van der Waals surface area contributed by atoms with E-state index in [4.69, 9.17) is 5.73 Å². The Morgan fingerprint density at radius 1 is 1.29 bits per heavy atom. The molecule has 2 amide bonds. The molecule has 1 rings (SSSR count). The van der Waals surface area contributed by atoms with E-state index in [0.717, 1.165) is 0 Å². The third kappa shape index (κ3) is 6.89. The number of hydrogen-bond acceptors (Lipinski definition) is 4. The lowest BCUT2D eigenvalue weighted by Gasteiger charge is -2.13. The molecule has 2 unspecified atom stereocenters. The first-order valence-corrected chi connectivity index (χ1v) is 8.34. The molecule has 0 spiro atoms. The van der Waals surface area contributed by atoms with Gasteiger partial charge in [0.15, 0.2) is 0 Å². The second-order valence-electron chi connectivity index (χ2n) is 4.84. The van der Waals surface area contributed by atoms with Gasteiger partial charge < -0.3 is 16.4 Å². The molecule has 1 aromatic rings. The zero-order chi connectivity index (χ0) is 15.8. The normalized spacial score (nSPS) is 13.2. The first kappa shape index (κ1) is 17.2. The molecule has 116 valence electrons. The SMILES string of the molecule is CC(CCS(C)=O)NC(=O)CNC(=O)c1ccc(N)cc1. The minimum Gasteiger partial charge on any atom is -0.399 e. The number of anilines is 1. The zero-order valence-electron chi connectivity index (χ0n) is 12.2. The van der Waals surface area contributed by atoms with Gasteiger partial charge in [0, 0.05) is 40.1 Å². The largest absolute Gasteiger partial charge is 0.399 e. The van der Waals surface area contributed by atoms with E-state index in [1.807, 2.05) is 6.92 Å². The van der Waals surface area contributed by atoms with E-state index in [1.54, 1.807) is 30.5 Å². The lowest BCUT2D eigenvalue weighted by atomic mass is 10.2. The first-order valence-electron chi connectivity index (χ1n) is 6.61. The van der Waals surface area contributed by atoms with Crippen LogP contribution in [0.3, 0.4) is 0 Å². The summed E-state index contributed by atoms with van der Waals surface area (Å²) in [5.74, 6) is -0.0557. The van der Waals surface area contributed by atoms with Crippen molar-refractivity contribution in [2.75, 3.05) is 24.3 Å². The number of nitrogen functional groups attached to an aromatic ring is 1. The smallest absolute Gasteiger partial charge is 0.251 e. The quantitative estimate of drug-likeness (QED) is 0.629. The van der Waals surface area contributed by atoms with E-state index < -0.39 is 10.8 Å². The van der Waals surface area contributed by atoms with Crippen molar-refractivity contribution < 1.29 is 13.8 Å². The van der Waals surface area contributed by atoms with Crippen LogP contribution >= 0.6 is 0 Å². The molecule has 0 saturated heterocycles. The lowest BCUT2D eigenvalue weighted by Crippen LogP contribution is -2.41. The summed E-state index contributed by atoms with van der Waals surface area (Å²) >= 11 is 0. The predicted octanol–water partition coefficient (Wildman–Crippen LogP) is 0.272. The van der Waals surface area contributed by atoms with Crippen molar-refractivity contribution in [3.63, 3.8) is 0 Å². The second-order valence-corrected chi connectivity index (χ2v) is 6.39. The average Bonchev–Trinajstić information content (AvgIpc) is 2.43. The highest BCUT2D eigenvalue weighted by Gasteiger charge is 2.10. The van der Waals surface area contributed by atoms with Gasteiger partial charge in [-0.25, -0.2) is 0 Å². The summed E-state index contributed by atoms with van der Waals surface area (Å²) in [7, 11) is -0.870. The first-order chi connectivity index (χ1) is 9.88. The summed E-state index contributed by atoms with van der Waals surface area (Å²) in [5, 5.41) is 5.28. The van der Waals surface area contributed by atoms with Gasteiger partial charge in [-0.3, -0.25) is 13.8 Å². The summed E-state index contributed by atoms with van der Waals surface area (Å²) in [4.78, 5) is 23.5. The molecule has 2 atom stereocenters. The van der Waals surface area contributed by atoms with Crippen molar-refractivity contribution in [3.8, 4) is 0 Å². The molecule has 21 heavy (non-hydrogen) atoms. The third-order valence-corrected chi connectivity index (χ3v) is 3.64. The maximum absolute atomic E-state index is 11.8. The highest BCUT2D eigenvalue weighted by atomic mass is 32.2. The Bertz CT molecular complexity index is 517. The molecule has 6 nitrogen and oxygen atoms in total. The van der Waals surface area contributed by atoms with Crippen LogP contribution in [-0.4, -0.2) is 40.6 Å². The molecule has 0 heterocycles. The number of amides is 2. The molecule has 1 aromatic carbocycles. The summed E-state index contributed by atoms with van der Waals surface area (Å²) in [5.41, 5.74) is 6.56. The van der Waals surface area contributed by atoms with E-state index in [0.29, 0.717) is 23.4 Å². The molecule has 0 saturated carbocycles. The van der Waals surface area contributed by atoms with Crippen LogP contribution in [0.15, 0.2) is 24.3 Å². The van der Waals surface area contributed by atoms with E-state index in [1.165, 1.54) is 0 Å². The van der Waals surface area contributed by atoms with E-state index >= 15 is 0 Å². The summed E-state index contributed by atoms with van der Waals surface area (Å²) in [6.07, 6.45) is 2.27. The van der Waals surface area contributed by atoms with E-state index in [9.17, 15) is 13.8 Å². The molecule has 0 aromatic heterocycles. The van der Waals surface area contributed by atoms with Crippen LogP contribution in [0.25, 0.3) is 0 Å². The topological polar surface area (TPSA) is 101 Å². The molecule has 0 aliphatic heterocycles. The molecule has 4 N–H and O–H groups in total. The van der Waals surface area contributed by atoms with Gasteiger partial charge in [0.05, 0.1) is 6.54 Å². The van der Waals surface area contributed by atoms with Crippen LogP contribution in [0.1, 0.15) is 23.7 Å². The maximum atomic E-state index is 11.8. The Balaban J connectivity index is 2.33.